The first-order chi connectivity index (χ1) is 14.5. The first-order valence-electron chi connectivity index (χ1n) is 9.48. The molecule has 2 aromatic carbocycles. The minimum atomic E-state index is -0.767. The van der Waals surface area contributed by atoms with E-state index in [4.69, 9.17) is 9.15 Å². The average molecular weight is 409 g/mol. The van der Waals surface area contributed by atoms with Gasteiger partial charge in [-0.1, -0.05) is 25.5 Å². The summed E-state index contributed by atoms with van der Waals surface area (Å²) >= 11 is 0. The van der Waals surface area contributed by atoms with Gasteiger partial charge in [0.1, 0.15) is 22.7 Å². The minimum absolute atomic E-state index is 0.0782. The molecule has 1 amide bonds. The first kappa shape index (κ1) is 21.0. The molecule has 0 aliphatic carbocycles. The van der Waals surface area contributed by atoms with Gasteiger partial charge in [0.25, 0.3) is 5.91 Å². The summed E-state index contributed by atoms with van der Waals surface area (Å²) in [5, 5.41) is 3.20. The Labute approximate surface area is 172 Å². The fourth-order valence-corrected chi connectivity index (χ4v) is 2.68. The van der Waals surface area contributed by atoms with E-state index < -0.39 is 17.5 Å². The molecule has 1 aromatic heterocycles. The summed E-state index contributed by atoms with van der Waals surface area (Å²) in [6, 6.07) is 11.6. The highest BCUT2D eigenvalue weighted by Gasteiger charge is 2.14. The highest BCUT2D eigenvalue weighted by atomic mass is 19.1. The molecule has 0 spiro atoms. The van der Waals surface area contributed by atoms with Crippen LogP contribution in [0.5, 0.6) is 5.75 Å². The summed E-state index contributed by atoms with van der Waals surface area (Å²) in [6.45, 7) is 2.48. The fraction of sp³-hybridized carbons (Fsp3) is 0.174. The molecule has 0 unspecified atom stereocenters. The Hall–Kier alpha value is -3.74. The normalized spacial score (nSPS) is 11.0. The van der Waals surface area contributed by atoms with Crippen LogP contribution < -0.4 is 15.7 Å². The molecule has 0 aliphatic heterocycles. The van der Waals surface area contributed by atoms with E-state index in [0.29, 0.717) is 17.5 Å². The maximum atomic E-state index is 12.9. The van der Waals surface area contributed by atoms with Gasteiger partial charge in [0.15, 0.2) is 0 Å². The second kappa shape index (κ2) is 9.65. The van der Waals surface area contributed by atoms with Crippen LogP contribution in [0.4, 0.5) is 4.39 Å². The van der Waals surface area contributed by atoms with E-state index in [1.807, 2.05) is 6.92 Å². The summed E-state index contributed by atoms with van der Waals surface area (Å²) < 4.78 is 23.3. The molecule has 0 aliphatic rings. The molecule has 30 heavy (non-hydrogen) atoms. The lowest BCUT2D eigenvalue weighted by Gasteiger charge is -2.06. The zero-order valence-electron chi connectivity index (χ0n) is 16.3. The minimum Gasteiger partial charge on any atom is -0.423 e. The van der Waals surface area contributed by atoms with Gasteiger partial charge in [-0.15, -0.1) is 0 Å². The number of hydrogen-bond donors (Lipinski definition) is 1. The molecule has 0 saturated carbocycles. The average Bonchev–Trinajstić information content (AvgIpc) is 2.73. The predicted octanol–water partition coefficient (Wildman–Crippen LogP) is 4.08. The Balaban J connectivity index is 1.72. The van der Waals surface area contributed by atoms with Crippen LogP contribution >= 0.6 is 0 Å². The third-order valence-corrected chi connectivity index (χ3v) is 4.27. The van der Waals surface area contributed by atoms with Crippen molar-refractivity contribution in [1.82, 2.24) is 5.32 Å². The molecule has 7 heteroatoms. The van der Waals surface area contributed by atoms with E-state index in [1.54, 1.807) is 6.07 Å². The lowest BCUT2D eigenvalue weighted by Crippen LogP contribution is -2.28. The molecule has 3 rings (SSSR count). The third-order valence-electron chi connectivity index (χ3n) is 4.27. The molecular formula is C23H20FNO5. The smallest absolute Gasteiger partial charge is 0.349 e. The Morgan fingerprint density at radius 1 is 1.13 bits per heavy atom. The van der Waals surface area contributed by atoms with Crippen LogP contribution in [-0.4, -0.2) is 18.4 Å². The number of halogens is 1. The van der Waals surface area contributed by atoms with Gasteiger partial charge < -0.3 is 14.5 Å². The molecule has 0 saturated heterocycles. The molecule has 3 aromatic rings. The Kier molecular flexibility index (Phi) is 6.75. The monoisotopic (exact) mass is 409 g/mol. The number of carbonyl (C=O) groups excluding carboxylic acids is 2. The largest absolute Gasteiger partial charge is 0.423 e. The summed E-state index contributed by atoms with van der Waals surface area (Å²) in [5.74, 6) is -1.32. The quantitative estimate of drug-likeness (QED) is 0.209. The van der Waals surface area contributed by atoms with Crippen LogP contribution in [0.15, 0.2) is 63.8 Å². The molecular weight excluding hydrogens is 389 g/mol. The van der Waals surface area contributed by atoms with Gasteiger partial charge in [0.2, 0.25) is 0 Å². The maximum absolute atomic E-state index is 12.9. The van der Waals surface area contributed by atoms with Crippen molar-refractivity contribution in [2.75, 3.05) is 6.54 Å². The van der Waals surface area contributed by atoms with Crippen molar-refractivity contribution in [3.8, 4) is 5.75 Å². The van der Waals surface area contributed by atoms with Gasteiger partial charge in [-0.05, 0) is 48.4 Å². The predicted molar refractivity (Wildman–Crippen MR) is 111 cm³/mol. The number of amides is 1. The lowest BCUT2D eigenvalue weighted by atomic mass is 10.1. The van der Waals surface area contributed by atoms with Crippen molar-refractivity contribution in [3.63, 3.8) is 0 Å². The zero-order valence-corrected chi connectivity index (χ0v) is 16.3. The number of hydrogen-bond acceptors (Lipinski definition) is 5. The number of benzene rings is 2. The summed E-state index contributed by atoms with van der Waals surface area (Å²) in [7, 11) is 0. The van der Waals surface area contributed by atoms with Crippen molar-refractivity contribution in [3.05, 3.63) is 82.0 Å². The van der Waals surface area contributed by atoms with E-state index in [0.717, 1.165) is 12.8 Å². The molecule has 0 fully saturated rings. The van der Waals surface area contributed by atoms with E-state index in [2.05, 4.69) is 5.32 Å². The number of carbonyl (C=O) groups is 2. The van der Waals surface area contributed by atoms with Crippen molar-refractivity contribution in [2.24, 2.45) is 0 Å². The number of ether oxygens (including phenoxy) is 1. The number of esters is 1. The number of unbranched alkanes of at least 4 members (excludes halogenated alkanes) is 1. The van der Waals surface area contributed by atoms with Crippen molar-refractivity contribution in [1.29, 1.82) is 0 Å². The summed E-state index contributed by atoms with van der Waals surface area (Å²) in [6.07, 6.45) is 4.44. The third kappa shape index (κ3) is 5.41. The van der Waals surface area contributed by atoms with Crippen LogP contribution in [0.1, 0.15) is 35.7 Å². The van der Waals surface area contributed by atoms with Gasteiger partial charge >= 0.3 is 11.6 Å². The number of nitrogens with one attached hydrogen (secondary N) is 1. The van der Waals surface area contributed by atoms with Gasteiger partial charge in [-0.2, -0.15) is 0 Å². The van der Waals surface area contributed by atoms with Crippen LogP contribution in [0.25, 0.3) is 17.0 Å². The summed E-state index contributed by atoms with van der Waals surface area (Å²) in [5.41, 5.74) is -0.0118. The highest BCUT2D eigenvalue weighted by molar-refractivity contribution is 5.97. The molecule has 1 heterocycles. The second-order valence-corrected chi connectivity index (χ2v) is 6.56. The van der Waals surface area contributed by atoms with Crippen LogP contribution in [0.2, 0.25) is 0 Å². The van der Waals surface area contributed by atoms with Crippen molar-refractivity contribution in [2.45, 2.75) is 19.8 Å². The van der Waals surface area contributed by atoms with Crippen LogP contribution in [0, 0.1) is 5.82 Å². The standard InChI is InChI=1S/C23H20FNO5/c1-2-3-12-25-22(27)19-13-16-7-10-18(14-20(16)30-23(19)28)29-21(26)11-6-15-4-8-17(24)9-5-15/h4-11,13-14H,2-3,12H2,1H3,(H,25,27)/b11-6+. The fourth-order valence-electron chi connectivity index (χ4n) is 2.68. The second-order valence-electron chi connectivity index (χ2n) is 6.56. The molecule has 1 N–H and O–H groups in total. The first-order valence-corrected chi connectivity index (χ1v) is 9.48. The Morgan fingerprint density at radius 2 is 1.90 bits per heavy atom. The zero-order chi connectivity index (χ0) is 21.5. The van der Waals surface area contributed by atoms with E-state index in [-0.39, 0.29) is 22.7 Å². The molecule has 0 bridgehead atoms. The van der Waals surface area contributed by atoms with Crippen molar-refractivity contribution >= 4 is 28.9 Å². The van der Waals surface area contributed by atoms with E-state index in [9.17, 15) is 18.8 Å². The SMILES string of the molecule is CCCCNC(=O)c1cc2ccc(OC(=O)/C=C/c3ccc(F)cc3)cc2oc1=O. The van der Waals surface area contributed by atoms with Crippen molar-refractivity contribution < 1.29 is 23.1 Å². The summed E-state index contributed by atoms with van der Waals surface area (Å²) in [4.78, 5) is 36.3. The Bertz CT molecular complexity index is 1150. The molecule has 154 valence electrons. The van der Waals surface area contributed by atoms with E-state index >= 15 is 0 Å². The Morgan fingerprint density at radius 3 is 2.63 bits per heavy atom. The van der Waals surface area contributed by atoms with Crippen LogP contribution in [-0.2, 0) is 4.79 Å². The van der Waals surface area contributed by atoms with Crippen LogP contribution in [0.3, 0.4) is 0 Å². The van der Waals surface area contributed by atoms with Gasteiger partial charge in [-0.25, -0.2) is 14.0 Å². The highest BCUT2D eigenvalue weighted by Crippen LogP contribution is 2.21. The number of fused-ring (bicyclic) bond motifs is 1. The molecule has 0 radical (unpaired) electrons. The molecule has 0 atom stereocenters. The maximum Gasteiger partial charge on any atom is 0.349 e. The number of rotatable bonds is 7. The van der Waals surface area contributed by atoms with E-state index in [1.165, 1.54) is 54.6 Å². The van der Waals surface area contributed by atoms with Gasteiger partial charge in [0.05, 0.1) is 0 Å². The van der Waals surface area contributed by atoms with Gasteiger partial charge in [0, 0.05) is 24.1 Å². The topological polar surface area (TPSA) is 85.6 Å². The molecule has 6 nitrogen and oxygen atoms in total. The lowest BCUT2D eigenvalue weighted by molar-refractivity contribution is -0.128. The van der Waals surface area contributed by atoms with Gasteiger partial charge in [-0.3, -0.25) is 4.79 Å².